The molecule has 96 valence electrons. The molecule has 0 aliphatic carbocycles. The molecule has 3 nitrogen and oxygen atoms in total. The number of carbonyl (C=O) groups excluding carboxylic acids is 1. The van der Waals surface area contributed by atoms with Crippen LogP contribution in [0, 0.1) is 5.41 Å². The van der Waals surface area contributed by atoms with E-state index in [1.807, 2.05) is 0 Å². The predicted octanol–water partition coefficient (Wildman–Crippen LogP) is 2.09. The molecule has 0 rings (SSSR count). The minimum atomic E-state index is -0.161. The van der Waals surface area contributed by atoms with Crippen LogP contribution >= 0.6 is 0 Å². The first kappa shape index (κ1) is 15.6. The van der Waals surface area contributed by atoms with Crippen molar-refractivity contribution in [2.45, 2.75) is 46.0 Å². The van der Waals surface area contributed by atoms with Crippen molar-refractivity contribution in [2.24, 2.45) is 5.41 Å². The summed E-state index contributed by atoms with van der Waals surface area (Å²) in [4.78, 5) is 13.4. The minimum absolute atomic E-state index is 0.161. The minimum Gasteiger partial charge on any atom is -0.396 e. The molecule has 0 aromatic rings. The summed E-state index contributed by atoms with van der Waals surface area (Å²) in [6, 6.07) is 0. The Morgan fingerprint density at radius 2 is 1.81 bits per heavy atom. The van der Waals surface area contributed by atoms with E-state index in [0.717, 1.165) is 51.5 Å². The van der Waals surface area contributed by atoms with Gasteiger partial charge in [0.1, 0.15) is 6.29 Å². The zero-order valence-corrected chi connectivity index (χ0v) is 11.0. The van der Waals surface area contributed by atoms with Crippen LogP contribution < -0.4 is 0 Å². The summed E-state index contributed by atoms with van der Waals surface area (Å²) in [5.74, 6) is 0. The van der Waals surface area contributed by atoms with Gasteiger partial charge in [0.25, 0.3) is 0 Å². The smallest absolute Gasteiger partial charge is 0.127 e. The molecule has 0 fully saturated rings. The highest BCUT2D eigenvalue weighted by atomic mass is 16.2. The summed E-state index contributed by atoms with van der Waals surface area (Å²) in [5, 5.41) is 8.67. The van der Waals surface area contributed by atoms with Gasteiger partial charge in [0, 0.05) is 18.6 Å². The largest absolute Gasteiger partial charge is 0.396 e. The molecular weight excluding hydrogens is 202 g/mol. The molecule has 3 heteroatoms. The fourth-order valence-electron chi connectivity index (χ4n) is 1.96. The Morgan fingerprint density at radius 1 is 1.19 bits per heavy atom. The number of hydrogen-bond acceptors (Lipinski definition) is 3. The van der Waals surface area contributed by atoms with Crippen LogP contribution in [-0.2, 0) is 4.79 Å². The van der Waals surface area contributed by atoms with Gasteiger partial charge in [0.05, 0.1) is 0 Å². The number of aliphatic hydroxyl groups excluding tert-OH is 1. The maximum Gasteiger partial charge on any atom is 0.127 e. The van der Waals surface area contributed by atoms with Crippen LogP contribution in [0.4, 0.5) is 0 Å². The second kappa shape index (κ2) is 8.71. The van der Waals surface area contributed by atoms with E-state index in [1.165, 1.54) is 0 Å². The SMILES string of the molecule is CCC(C=O)(CC)CN(C)CCCCCO. The topological polar surface area (TPSA) is 40.5 Å². The molecule has 0 saturated carbocycles. The molecule has 0 atom stereocenters. The van der Waals surface area contributed by atoms with Crippen molar-refractivity contribution in [1.29, 1.82) is 0 Å². The third-order valence-electron chi connectivity index (χ3n) is 3.44. The van der Waals surface area contributed by atoms with E-state index < -0.39 is 0 Å². The second-order valence-corrected chi connectivity index (χ2v) is 4.71. The van der Waals surface area contributed by atoms with Gasteiger partial charge >= 0.3 is 0 Å². The molecule has 1 N–H and O–H groups in total. The Morgan fingerprint density at radius 3 is 2.25 bits per heavy atom. The van der Waals surface area contributed by atoms with Crippen LogP contribution in [0.2, 0.25) is 0 Å². The molecule has 0 aromatic carbocycles. The lowest BCUT2D eigenvalue weighted by Gasteiger charge is -2.30. The van der Waals surface area contributed by atoms with Gasteiger partial charge in [-0.15, -0.1) is 0 Å². The molecule has 0 aliphatic rings. The number of carbonyl (C=O) groups is 1. The van der Waals surface area contributed by atoms with Crippen LogP contribution in [0.15, 0.2) is 0 Å². The monoisotopic (exact) mass is 229 g/mol. The molecule has 0 saturated heterocycles. The van der Waals surface area contributed by atoms with Crippen molar-refractivity contribution in [1.82, 2.24) is 4.90 Å². The number of nitrogens with zero attached hydrogens (tertiary/aromatic N) is 1. The Balaban J connectivity index is 3.91. The summed E-state index contributed by atoms with van der Waals surface area (Å²) in [5.41, 5.74) is -0.161. The van der Waals surface area contributed by atoms with E-state index in [2.05, 4.69) is 25.8 Å². The summed E-state index contributed by atoms with van der Waals surface area (Å²) in [6.45, 7) is 6.30. The normalized spacial score (nSPS) is 12.1. The Bertz CT molecular complexity index is 179. The number of aldehydes is 1. The lowest BCUT2D eigenvalue weighted by molar-refractivity contribution is -0.117. The van der Waals surface area contributed by atoms with Crippen molar-refractivity contribution in [3.05, 3.63) is 0 Å². The number of rotatable bonds is 10. The fourth-order valence-corrected chi connectivity index (χ4v) is 1.96. The van der Waals surface area contributed by atoms with E-state index in [4.69, 9.17) is 5.11 Å². The van der Waals surface area contributed by atoms with Gasteiger partial charge in [-0.05, 0) is 45.7 Å². The van der Waals surface area contributed by atoms with Crippen LogP contribution in [0.25, 0.3) is 0 Å². The standard InChI is InChI=1S/C13H27NO2/c1-4-13(5-2,12-16)11-14(3)9-7-6-8-10-15/h12,15H,4-11H2,1-3H3. The van der Waals surface area contributed by atoms with Gasteiger partial charge in [-0.1, -0.05) is 13.8 Å². The Labute approximate surface area is 99.8 Å². The van der Waals surface area contributed by atoms with Crippen molar-refractivity contribution in [2.75, 3.05) is 26.7 Å². The molecule has 0 bridgehead atoms. The number of aliphatic hydroxyl groups is 1. The summed E-state index contributed by atoms with van der Waals surface area (Å²) < 4.78 is 0. The average Bonchev–Trinajstić information content (AvgIpc) is 2.32. The molecule has 0 radical (unpaired) electrons. The molecule has 0 amide bonds. The second-order valence-electron chi connectivity index (χ2n) is 4.71. The van der Waals surface area contributed by atoms with Gasteiger partial charge in [-0.25, -0.2) is 0 Å². The highest BCUT2D eigenvalue weighted by Crippen LogP contribution is 2.24. The van der Waals surface area contributed by atoms with Gasteiger partial charge in [-0.3, -0.25) is 0 Å². The summed E-state index contributed by atoms with van der Waals surface area (Å²) in [6.07, 6.45) is 5.99. The molecule has 0 heterocycles. The lowest BCUT2D eigenvalue weighted by atomic mass is 9.83. The van der Waals surface area contributed by atoms with Crippen LogP contribution in [0.1, 0.15) is 46.0 Å². The number of unbranched alkanes of at least 4 members (excludes halogenated alkanes) is 2. The fraction of sp³-hybridized carbons (Fsp3) is 0.923. The molecular formula is C13H27NO2. The quantitative estimate of drug-likeness (QED) is 0.460. The van der Waals surface area contributed by atoms with E-state index in [-0.39, 0.29) is 12.0 Å². The van der Waals surface area contributed by atoms with Crippen molar-refractivity contribution in [3.8, 4) is 0 Å². The van der Waals surface area contributed by atoms with E-state index in [0.29, 0.717) is 0 Å². The molecule has 0 unspecified atom stereocenters. The first-order valence-corrected chi connectivity index (χ1v) is 6.40. The first-order chi connectivity index (χ1) is 7.64. The van der Waals surface area contributed by atoms with Gasteiger partial charge < -0.3 is 14.8 Å². The van der Waals surface area contributed by atoms with E-state index >= 15 is 0 Å². The highest BCUT2D eigenvalue weighted by Gasteiger charge is 2.26. The van der Waals surface area contributed by atoms with Crippen LogP contribution in [0.5, 0.6) is 0 Å². The maximum atomic E-state index is 11.1. The third-order valence-corrected chi connectivity index (χ3v) is 3.44. The maximum absolute atomic E-state index is 11.1. The highest BCUT2D eigenvalue weighted by molar-refractivity contribution is 5.59. The zero-order valence-electron chi connectivity index (χ0n) is 11.0. The van der Waals surface area contributed by atoms with E-state index in [9.17, 15) is 4.79 Å². The first-order valence-electron chi connectivity index (χ1n) is 6.40. The summed E-state index contributed by atoms with van der Waals surface area (Å²) >= 11 is 0. The van der Waals surface area contributed by atoms with Gasteiger partial charge in [0.15, 0.2) is 0 Å². The zero-order chi connectivity index (χ0) is 12.4. The van der Waals surface area contributed by atoms with Gasteiger partial charge in [0.2, 0.25) is 0 Å². The van der Waals surface area contributed by atoms with Crippen LogP contribution in [-0.4, -0.2) is 43.0 Å². The third kappa shape index (κ3) is 5.61. The van der Waals surface area contributed by atoms with Crippen LogP contribution in [0.3, 0.4) is 0 Å². The molecule has 0 spiro atoms. The van der Waals surface area contributed by atoms with E-state index in [1.54, 1.807) is 0 Å². The Hall–Kier alpha value is -0.410. The predicted molar refractivity (Wildman–Crippen MR) is 67.5 cm³/mol. The lowest BCUT2D eigenvalue weighted by Crippen LogP contribution is -2.36. The van der Waals surface area contributed by atoms with Gasteiger partial charge in [-0.2, -0.15) is 0 Å². The molecule has 16 heavy (non-hydrogen) atoms. The summed E-state index contributed by atoms with van der Waals surface area (Å²) in [7, 11) is 2.07. The van der Waals surface area contributed by atoms with Crippen molar-refractivity contribution < 1.29 is 9.90 Å². The molecule has 0 aromatic heterocycles. The Kier molecular flexibility index (Phi) is 8.49. The van der Waals surface area contributed by atoms with Crippen molar-refractivity contribution >= 4 is 6.29 Å². The number of hydrogen-bond donors (Lipinski definition) is 1. The molecule has 0 aliphatic heterocycles. The average molecular weight is 229 g/mol. The van der Waals surface area contributed by atoms with Crippen molar-refractivity contribution in [3.63, 3.8) is 0 Å².